The standard InChI is InChI=1S/C27H35N11O/c1-14-6-7-15(25(39)34-20(29)10-19(28)27(2,3)4)8-18(14)33-24-22-21(31-13-32-24)23(30)36-26(35-22)38-12-16-9-17(38)11-37(16)5/h6-8,10,13,16-17H,9,11-12,28H2,1-5H3,(H2,29,34,39)(H2,30,35,36)(H,31,32,33)/t16-,17-/m1/s1. The Balaban J connectivity index is 1.41. The van der Waals surface area contributed by atoms with Crippen LogP contribution in [0.4, 0.5) is 23.3 Å². The lowest BCUT2D eigenvalue weighted by molar-refractivity contribution is 0.0977. The number of hydrogen-bond donors (Lipinski definition) is 5. The third-order valence-electron chi connectivity index (χ3n) is 7.44. The first-order valence-corrected chi connectivity index (χ1v) is 12.9. The average molecular weight is 530 g/mol. The van der Waals surface area contributed by atoms with E-state index >= 15 is 0 Å². The van der Waals surface area contributed by atoms with E-state index in [1.165, 1.54) is 12.4 Å². The fourth-order valence-electron chi connectivity index (χ4n) is 4.92. The van der Waals surface area contributed by atoms with Crippen LogP contribution < -0.4 is 27.0 Å². The lowest BCUT2D eigenvalue weighted by atomic mass is 9.92. The van der Waals surface area contributed by atoms with Crippen LogP contribution in [0.25, 0.3) is 11.0 Å². The predicted octanol–water partition coefficient (Wildman–Crippen LogP) is 2.54. The fraction of sp³-hybridized carbons (Fsp3) is 0.407. The second-order valence-electron chi connectivity index (χ2n) is 11.3. The molecule has 12 heteroatoms. The van der Waals surface area contributed by atoms with Crippen molar-refractivity contribution in [3.8, 4) is 0 Å². The van der Waals surface area contributed by atoms with Crippen molar-refractivity contribution in [2.24, 2.45) is 11.1 Å². The lowest BCUT2D eigenvalue weighted by Crippen LogP contribution is -2.45. The topological polar surface area (TPSA) is 175 Å². The van der Waals surface area contributed by atoms with E-state index in [1.807, 2.05) is 33.8 Å². The number of likely N-dealkylation sites (tertiary alicyclic amines) is 1. The van der Waals surface area contributed by atoms with E-state index in [0.29, 0.717) is 57.6 Å². The van der Waals surface area contributed by atoms with Crippen LogP contribution in [0.15, 0.2) is 36.3 Å². The second kappa shape index (κ2) is 9.77. The highest BCUT2D eigenvalue weighted by atomic mass is 16.1. The molecule has 1 aromatic carbocycles. The molecule has 4 heterocycles. The SMILES string of the molecule is Cc1ccc(C(=O)NC(=N)C=C(N)C(C)(C)C)cc1Nc1ncnc2c(N)nc(N3C[C@H]4C[C@@H]3CN4C)nc12. The Bertz CT molecular complexity index is 1490. The number of aryl methyl sites for hydroxylation is 1. The summed E-state index contributed by atoms with van der Waals surface area (Å²) in [5.74, 6) is 0.834. The van der Waals surface area contributed by atoms with E-state index in [9.17, 15) is 4.79 Å². The van der Waals surface area contributed by atoms with Gasteiger partial charge < -0.3 is 27.0 Å². The van der Waals surface area contributed by atoms with Crippen molar-refractivity contribution >= 4 is 46.0 Å². The minimum Gasteiger partial charge on any atom is -0.401 e. The molecule has 2 bridgehead atoms. The quantitative estimate of drug-likeness (QED) is 0.244. The number of allylic oxidation sites excluding steroid dienone is 1. The Labute approximate surface area is 227 Å². The molecule has 2 atom stereocenters. The molecule has 0 saturated carbocycles. The molecule has 2 aliphatic rings. The highest BCUT2D eigenvalue weighted by Crippen LogP contribution is 2.34. The number of amides is 1. The Morgan fingerprint density at radius 1 is 1.15 bits per heavy atom. The first kappa shape index (κ1) is 26.3. The number of nitrogens with zero attached hydrogens (tertiary/aromatic N) is 6. The zero-order valence-corrected chi connectivity index (χ0v) is 22.9. The Morgan fingerprint density at radius 2 is 1.92 bits per heavy atom. The van der Waals surface area contributed by atoms with Gasteiger partial charge in [0.25, 0.3) is 5.91 Å². The van der Waals surface area contributed by atoms with Crippen molar-refractivity contribution in [2.45, 2.75) is 46.2 Å². The van der Waals surface area contributed by atoms with Crippen molar-refractivity contribution in [3.05, 3.63) is 47.4 Å². The summed E-state index contributed by atoms with van der Waals surface area (Å²) < 4.78 is 0. The van der Waals surface area contributed by atoms with Gasteiger partial charge >= 0.3 is 0 Å². The van der Waals surface area contributed by atoms with Crippen molar-refractivity contribution in [1.82, 2.24) is 30.2 Å². The molecule has 2 saturated heterocycles. The number of hydrogen-bond acceptors (Lipinski definition) is 11. The Morgan fingerprint density at radius 3 is 2.59 bits per heavy atom. The summed E-state index contributed by atoms with van der Waals surface area (Å²) in [5.41, 5.74) is 15.5. The van der Waals surface area contributed by atoms with Gasteiger partial charge in [0.15, 0.2) is 11.6 Å². The number of rotatable bonds is 5. The summed E-state index contributed by atoms with van der Waals surface area (Å²) in [6, 6.07) is 6.08. The monoisotopic (exact) mass is 529 g/mol. The van der Waals surface area contributed by atoms with E-state index in [4.69, 9.17) is 21.9 Å². The Kier molecular flexibility index (Phi) is 6.59. The largest absolute Gasteiger partial charge is 0.401 e. The molecule has 2 aromatic heterocycles. The maximum Gasteiger partial charge on any atom is 0.256 e. The molecule has 1 amide bonds. The van der Waals surface area contributed by atoms with Gasteiger partial charge in [-0.25, -0.2) is 15.0 Å². The van der Waals surface area contributed by atoms with Gasteiger partial charge in [-0.3, -0.25) is 15.1 Å². The van der Waals surface area contributed by atoms with Crippen molar-refractivity contribution < 1.29 is 4.79 Å². The highest BCUT2D eigenvalue weighted by Gasteiger charge is 2.42. The zero-order chi connectivity index (χ0) is 28.1. The smallest absolute Gasteiger partial charge is 0.256 e. The summed E-state index contributed by atoms with van der Waals surface area (Å²) >= 11 is 0. The number of nitrogens with one attached hydrogen (secondary N) is 3. The number of benzene rings is 1. The molecule has 2 aliphatic heterocycles. The Hall–Kier alpha value is -4.32. The number of aromatic nitrogens is 4. The predicted molar refractivity (Wildman–Crippen MR) is 153 cm³/mol. The van der Waals surface area contributed by atoms with Crippen molar-refractivity contribution in [1.29, 1.82) is 5.41 Å². The highest BCUT2D eigenvalue weighted by molar-refractivity contribution is 6.09. The summed E-state index contributed by atoms with van der Waals surface area (Å²) in [6.45, 7) is 9.57. The molecule has 3 aromatic rings. The third kappa shape index (κ3) is 5.19. The van der Waals surface area contributed by atoms with Gasteiger partial charge in [-0.2, -0.15) is 4.98 Å². The van der Waals surface area contributed by atoms with Gasteiger partial charge in [0, 0.05) is 47.5 Å². The number of fused-ring (bicyclic) bond motifs is 3. The van der Waals surface area contributed by atoms with Crippen LogP contribution >= 0.6 is 0 Å². The molecule has 2 fully saturated rings. The van der Waals surface area contributed by atoms with E-state index in [-0.39, 0.29) is 11.3 Å². The molecular formula is C27H35N11O. The summed E-state index contributed by atoms with van der Waals surface area (Å²) in [5, 5.41) is 14.0. The number of carbonyl (C=O) groups excluding carboxylic acids is 1. The first-order chi connectivity index (χ1) is 18.4. The van der Waals surface area contributed by atoms with Crippen LogP contribution in [-0.2, 0) is 0 Å². The van der Waals surface area contributed by atoms with E-state index in [2.05, 4.69) is 42.4 Å². The van der Waals surface area contributed by atoms with Crippen LogP contribution in [0, 0.1) is 17.7 Å². The lowest BCUT2D eigenvalue weighted by Gasteiger charge is -2.32. The maximum atomic E-state index is 12.9. The summed E-state index contributed by atoms with van der Waals surface area (Å²) in [7, 11) is 2.14. The molecule has 7 N–H and O–H groups in total. The molecule has 5 rings (SSSR count). The van der Waals surface area contributed by atoms with E-state index in [0.717, 1.165) is 25.1 Å². The van der Waals surface area contributed by atoms with Gasteiger partial charge in [-0.05, 0) is 44.2 Å². The minimum atomic E-state index is -0.420. The second-order valence-corrected chi connectivity index (χ2v) is 11.3. The van der Waals surface area contributed by atoms with Gasteiger partial charge in [0.1, 0.15) is 23.2 Å². The summed E-state index contributed by atoms with van der Waals surface area (Å²) in [4.78, 5) is 35.7. The fourth-order valence-corrected chi connectivity index (χ4v) is 4.92. The van der Waals surface area contributed by atoms with Crippen LogP contribution in [0.5, 0.6) is 0 Å². The molecule has 0 aliphatic carbocycles. The minimum absolute atomic E-state index is 0.0779. The number of amidine groups is 1. The normalized spacial score (nSPS) is 19.5. The third-order valence-corrected chi connectivity index (χ3v) is 7.44. The van der Waals surface area contributed by atoms with Crippen LogP contribution in [0.3, 0.4) is 0 Å². The molecule has 0 radical (unpaired) electrons. The molecule has 12 nitrogen and oxygen atoms in total. The number of carbonyl (C=O) groups is 1. The zero-order valence-electron chi connectivity index (χ0n) is 22.9. The number of nitrogen functional groups attached to an aromatic ring is 1. The van der Waals surface area contributed by atoms with E-state index in [1.54, 1.807) is 12.1 Å². The number of piperazine rings is 1. The molecular weight excluding hydrogens is 494 g/mol. The number of likely N-dealkylation sites (N-methyl/N-ethyl adjacent to an activating group) is 1. The van der Waals surface area contributed by atoms with Gasteiger partial charge in [0.2, 0.25) is 5.95 Å². The van der Waals surface area contributed by atoms with Gasteiger partial charge in [-0.1, -0.05) is 26.8 Å². The van der Waals surface area contributed by atoms with Gasteiger partial charge in [0.05, 0.1) is 0 Å². The molecule has 0 unspecified atom stereocenters. The van der Waals surface area contributed by atoms with Crippen molar-refractivity contribution in [2.75, 3.05) is 36.1 Å². The van der Waals surface area contributed by atoms with E-state index < -0.39 is 5.91 Å². The average Bonchev–Trinajstić information content (AvgIpc) is 3.44. The van der Waals surface area contributed by atoms with Crippen molar-refractivity contribution in [3.63, 3.8) is 0 Å². The van der Waals surface area contributed by atoms with Crippen LogP contribution in [-0.4, -0.2) is 68.8 Å². The number of nitrogens with two attached hydrogens (primary N) is 2. The van der Waals surface area contributed by atoms with Crippen LogP contribution in [0.1, 0.15) is 43.1 Å². The van der Waals surface area contributed by atoms with Crippen LogP contribution in [0.2, 0.25) is 0 Å². The molecule has 39 heavy (non-hydrogen) atoms. The summed E-state index contributed by atoms with van der Waals surface area (Å²) in [6.07, 6.45) is 3.96. The molecule has 0 spiro atoms. The maximum absolute atomic E-state index is 12.9. The number of anilines is 4. The molecule has 204 valence electrons. The first-order valence-electron chi connectivity index (χ1n) is 12.9. The van der Waals surface area contributed by atoms with Gasteiger partial charge in [-0.15, -0.1) is 0 Å².